The second-order valence-corrected chi connectivity index (χ2v) is 6.88. The van der Waals surface area contributed by atoms with Gasteiger partial charge in [0.05, 0.1) is 32.2 Å². The second kappa shape index (κ2) is 7.30. The van der Waals surface area contributed by atoms with Crippen LogP contribution >= 0.6 is 11.6 Å². The third-order valence-electron chi connectivity index (χ3n) is 3.07. The molecular formula is C14H9ClF3N3O4S. The molecule has 0 spiro atoms. The maximum Gasteiger partial charge on any atom is 0.417 e. The van der Waals surface area contributed by atoms with Crippen molar-refractivity contribution in [3.63, 3.8) is 0 Å². The van der Waals surface area contributed by atoms with Crippen LogP contribution in [0.4, 0.5) is 18.9 Å². The summed E-state index contributed by atoms with van der Waals surface area (Å²) >= 11 is 5.48. The molecular weight excluding hydrogens is 399 g/mol. The van der Waals surface area contributed by atoms with Gasteiger partial charge < -0.3 is 0 Å². The molecule has 138 valence electrons. The Kier molecular flexibility index (Phi) is 5.52. The standard InChI is InChI=1S/C14H9ClF3N3O4S/c15-12-7-10(5-6-11(12)14(16,17)18)26(24,25)20-19-8-9-3-1-2-4-13(9)21(22)23/h1-8,20H. The van der Waals surface area contributed by atoms with Crippen LogP contribution in [0.3, 0.4) is 0 Å². The van der Waals surface area contributed by atoms with Crippen LogP contribution in [-0.2, 0) is 16.2 Å². The lowest BCUT2D eigenvalue weighted by molar-refractivity contribution is -0.385. The number of alkyl halides is 3. The Morgan fingerprint density at radius 2 is 1.85 bits per heavy atom. The number of sulfonamides is 1. The first-order valence-corrected chi connectivity index (χ1v) is 8.53. The molecule has 0 amide bonds. The summed E-state index contributed by atoms with van der Waals surface area (Å²) in [5.74, 6) is 0. The van der Waals surface area contributed by atoms with Crippen molar-refractivity contribution < 1.29 is 26.5 Å². The van der Waals surface area contributed by atoms with Gasteiger partial charge in [0.15, 0.2) is 0 Å². The number of hydrazone groups is 1. The fraction of sp³-hybridized carbons (Fsp3) is 0.0714. The largest absolute Gasteiger partial charge is 0.417 e. The Morgan fingerprint density at radius 1 is 1.19 bits per heavy atom. The van der Waals surface area contributed by atoms with Gasteiger partial charge in [-0.3, -0.25) is 10.1 Å². The van der Waals surface area contributed by atoms with Gasteiger partial charge >= 0.3 is 6.18 Å². The van der Waals surface area contributed by atoms with Gasteiger partial charge in [-0.1, -0.05) is 23.7 Å². The summed E-state index contributed by atoms with van der Waals surface area (Å²) in [7, 11) is -4.32. The lowest BCUT2D eigenvalue weighted by Gasteiger charge is -2.10. The van der Waals surface area contributed by atoms with Gasteiger partial charge in [-0.15, -0.1) is 0 Å². The second-order valence-electron chi connectivity index (χ2n) is 4.81. The summed E-state index contributed by atoms with van der Waals surface area (Å²) in [5.41, 5.74) is -1.44. The molecule has 12 heteroatoms. The van der Waals surface area contributed by atoms with E-state index in [2.05, 4.69) is 5.10 Å². The number of para-hydroxylation sites is 1. The molecule has 0 saturated carbocycles. The summed E-state index contributed by atoms with van der Waals surface area (Å²) in [6.45, 7) is 0. The number of hydrogen-bond acceptors (Lipinski definition) is 5. The van der Waals surface area contributed by atoms with Crippen molar-refractivity contribution in [2.75, 3.05) is 0 Å². The molecule has 0 atom stereocenters. The fourth-order valence-corrected chi connectivity index (χ4v) is 3.04. The Bertz CT molecular complexity index is 978. The number of benzene rings is 2. The van der Waals surface area contributed by atoms with Crippen LogP contribution < -0.4 is 4.83 Å². The summed E-state index contributed by atoms with van der Waals surface area (Å²) < 4.78 is 62.0. The average molecular weight is 408 g/mol. The number of nitrogens with zero attached hydrogens (tertiary/aromatic N) is 2. The molecule has 0 aliphatic heterocycles. The number of nitro benzene ring substituents is 1. The van der Waals surface area contributed by atoms with Crippen LogP contribution in [0.15, 0.2) is 52.5 Å². The summed E-state index contributed by atoms with van der Waals surface area (Å²) in [5, 5.41) is 13.5. The summed E-state index contributed by atoms with van der Waals surface area (Å²) in [4.78, 5) is 11.4. The third kappa shape index (κ3) is 4.49. The monoisotopic (exact) mass is 407 g/mol. The molecule has 0 bridgehead atoms. The van der Waals surface area contributed by atoms with E-state index in [4.69, 9.17) is 11.6 Å². The third-order valence-corrected chi connectivity index (χ3v) is 4.60. The lowest BCUT2D eigenvalue weighted by Crippen LogP contribution is -2.19. The SMILES string of the molecule is O=[N+]([O-])c1ccccc1C=NNS(=O)(=O)c1ccc(C(F)(F)F)c(Cl)c1. The molecule has 2 aromatic rings. The first-order valence-electron chi connectivity index (χ1n) is 6.67. The molecule has 1 N–H and O–H groups in total. The lowest BCUT2D eigenvalue weighted by atomic mass is 10.2. The van der Waals surface area contributed by atoms with E-state index in [0.717, 1.165) is 12.3 Å². The molecule has 2 rings (SSSR count). The first-order chi connectivity index (χ1) is 12.0. The van der Waals surface area contributed by atoms with Crippen molar-refractivity contribution in [3.8, 4) is 0 Å². The van der Waals surface area contributed by atoms with Crippen molar-refractivity contribution in [1.29, 1.82) is 0 Å². The Hall–Kier alpha value is -2.66. The molecule has 0 aromatic heterocycles. The molecule has 0 aliphatic rings. The van der Waals surface area contributed by atoms with Crippen molar-refractivity contribution in [1.82, 2.24) is 4.83 Å². The van der Waals surface area contributed by atoms with E-state index in [1.165, 1.54) is 24.3 Å². The van der Waals surface area contributed by atoms with Crippen LogP contribution in [0.1, 0.15) is 11.1 Å². The predicted molar refractivity (Wildman–Crippen MR) is 87.5 cm³/mol. The van der Waals surface area contributed by atoms with E-state index in [1.54, 1.807) is 4.83 Å². The molecule has 26 heavy (non-hydrogen) atoms. The molecule has 2 aromatic carbocycles. The smallest absolute Gasteiger partial charge is 0.258 e. The average Bonchev–Trinajstić information content (AvgIpc) is 2.53. The molecule has 0 saturated heterocycles. The quantitative estimate of drug-likeness (QED) is 0.465. The molecule has 0 radical (unpaired) electrons. The summed E-state index contributed by atoms with van der Waals surface area (Å²) in [6.07, 6.45) is -3.82. The zero-order chi connectivity index (χ0) is 19.5. The van der Waals surface area contributed by atoms with E-state index in [0.29, 0.717) is 12.1 Å². The van der Waals surface area contributed by atoms with Crippen molar-refractivity contribution in [3.05, 3.63) is 68.7 Å². The van der Waals surface area contributed by atoms with Gasteiger partial charge in [0.25, 0.3) is 15.7 Å². The topological polar surface area (TPSA) is 102 Å². The molecule has 7 nitrogen and oxygen atoms in total. The van der Waals surface area contributed by atoms with E-state index in [9.17, 15) is 31.7 Å². The maximum absolute atomic E-state index is 12.6. The normalized spacial score (nSPS) is 12.3. The number of hydrogen-bond donors (Lipinski definition) is 1. The van der Waals surface area contributed by atoms with E-state index in [1.807, 2.05) is 0 Å². The molecule has 0 unspecified atom stereocenters. The van der Waals surface area contributed by atoms with Crippen LogP contribution in [0.25, 0.3) is 0 Å². The van der Waals surface area contributed by atoms with Crippen LogP contribution in [0, 0.1) is 10.1 Å². The Labute approximate surface area is 150 Å². The Morgan fingerprint density at radius 3 is 2.42 bits per heavy atom. The number of rotatable bonds is 5. The van der Waals surface area contributed by atoms with E-state index >= 15 is 0 Å². The van der Waals surface area contributed by atoms with Crippen molar-refractivity contribution in [2.24, 2.45) is 5.10 Å². The highest BCUT2D eigenvalue weighted by Gasteiger charge is 2.33. The fourth-order valence-electron chi connectivity index (χ4n) is 1.87. The van der Waals surface area contributed by atoms with Gasteiger partial charge in [-0.2, -0.15) is 26.7 Å². The van der Waals surface area contributed by atoms with Gasteiger partial charge in [0.2, 0.25) is 0 Å². The highest BCUT2D eigenvalue weighted by Crippen LogP contribution is 2.35. The first kappa shape index (κ1) is 19.7. The van der Waals surface area contributed by atoms with Gasteiger partial charge in [0, 0.05) is 6.07 Å². The minimum Gasteiger partial charge on any atom is -0.258 e. The highest BCUT2D eigenvalue weighted by molar-refractivity contribution is 7.89. The van der Waals surface area contributed by atoms with Crippen molar-refractivity contribution >= 4 is 33.5 Å². The minimum atomic E-state index is -4.72. The molecule has 0 fully saturated rings. The molecule has 0 heterocycles. The number of halogens is 4. The van der Waals surface area contributed by atoms with Crippen LogP contribution in [0.2, 0.25) is 5.02 Å². The predicted octanol–water partition coefficient (Wildman–Crippen LogP) is 3.58. The van der Waals surface area contributed by atoms with Gasteiger partial charge in [-0.05, 0) is 24.3 Å². The summed E-state index contributed by atoms with van der Waals surface area (Å²) in [6, 6.07) is 7.33. The van der Waals surface area contributed by atoms with E-state index < -0.39 is 36.6 Å². The maximum atomic E-state index is 12.6. The molecule has 0 aliphatic carbocycles. The van der Waals surface area contributed by atoms with Crippen LogP contribution in [-0.4, -0.2) is 19.6 Å². The van der Waals surface area contributed by atoms with Crippen LogP contribution in [0.5, 0.6) is 0 Å². The van der Waals surface area contributed by atoms with E-state index in [-0.39, 0.29) is 11.3 Å². The zero-order valence-electron chi connectivity index (χ0n) is 12.6. The number of nitrogens with one attached hydrogen (secondary N) is 1. The highest BCUT2D eigenvalue weighted by atomic mass is 35.5. The van der Waals surface area contributed by atoms with Crippen molar-refractivity contribution in [2.45, 2.75) is 11.1 Å². The zero-order valence-corrected chi connectivity index (χ0v) is 14.1. The minimum absolute atomic E-state index is 0.0330. The van der Waals surface area contributed by atoms with Gasteiger partial charge in [0.1, 0.15) is 0 Å². The number of nitro groups is 1. The van der Waals surface area contributed by atoms with Gasteiger partial charge in [-0.25, -0.2) is 4.83 Å². The Balaban J connectivity index is 2.25.